The minimum atomic E-state index is -0.649. The first-order valence-electron chi connectivity index (χ1n) is 9.03. The fraction of sp³-hybridized carbons (Fsp3) is 0.611. The molecule has 3 aliphatic rings. The molecule has 3 saturated heterocycles. The summed E-state index contributed by atoms with van der Waals surface area (Å²) in [6.07, 6.45) is 0.778. The third-order valence-electron chi connectivity index (χ3n) is 5.85. The molecule has 0 aromatic heterocycles. The topological polar surface area (TPSA) is 86.3 Å². The van der Waals surface area contributed by atoms with Crippen LogP contribution in [0.25, 0.3) is 0 Å². The van der Waals surface area contributed by atoms with Gasteiger partial charge in [-0.15, -0.1) is 0 Å². The number of nitrogens with one attached hydrogen (secondary N) is 2. The summed E-state index contributed by atoms with van der Waals surface area (Å²) in [7, 11) is 0. The Balaban J connectivity index is 1.46. The molecule has 140 valence electrons. The summed E-state index contributed by atoms with van der Waals surface area (Å²) in [4.78, 5) is 2.35. The molecule has 4 rings (SSSR count). The molecule has 3 fully saturated rings. The largest absolute Gasteiger partial charge is 0.372 e. The van der Waals surface area contributed by atoms with Crippen LogP contribution in [0.15, 0.2) is 18.2 Å². The minimum Gasteiger partial charge on any atom is -0.372 e. The Morgan fingerprint density at radius 3 is 2.92 bits per heavy atom. The summed E-state index contributed by atoms with van der Waals surface area (Å²) in [6.45, 7) is 2.10. The van der Waals surface area contributed by atoms with Crippen LogP contribution >= 0.6 is 0 Å². The van der Waals surface area contributed by atoms with Crippen LogP contribution in [0.4, 0.5) is 8.78 Å². The Kier molecular flexibility index (Phi) is 4.90. The van der Waals surface area contributed by atoms with Gasteiger partial charge < -0.3 is 10.5 Å². The van der Waals surface area contributed by atoms with Crippen molar-refractivity contribution in [3.05, 3.63) is 35.4 Å². The summed E-state index contributed by atoms with van der Waals surface area (Å²) in [6, 6.07) is 5.53. The zero-order valence-electron chi connectivity index (χ0n) is 14.4. The molecule has 3 aliphatic heterocycles. The smallest absolute Gasteiger partial charge is 0.129 e. The highest BCUT2D eigenvalue weighted by Gasteiger charge is 2.45. The van der Waals surface area contributed by atoms with Crippen molar-refractivity contribution >= 4 is 0 Å². The van der Waals surface area contributed by atoms with Crippen molar-refractivity contribution in [1.29, 1.82) is 5.26 Å². The Morgan fingerprint density at radius 2 is 2.12 bits per heavy atom. The maximum Gasteiger partial charge on any atom is 0.129 e. The number of hydrogen-bond acceptors (Lipinski definition) is 6. The molecule has 3 heterocycles. The highest BCUT2D eigenvalue weighted by molar-refractivity contribution is 5.23. The van der Waals surface area contributed by atoms with Crippen molar-refractivity contribution in [2.45, 2.75) is 43.1 Å². The van der Waals surface area contributed by atoms with Crippen molar-refractivity contribution in [3.63, 3.8) is 0 Å². The lowest BCUT2D eigenvalue weighted by atomic mass is 9.96. The van der Waals surface area contributed by atoms with Crippen molar-refractivity contribution in [2.24, 2.45) is 11.7 Å². The molecule has 6 nitrogen and oxygen atoms in total. The Morgan fingerprint density at radius 1 is 1.27 bits per heavy atom. The standard InChI is InChI=1S/C18H23F2N5O/c19-10-1-2-14(20)12(5-10)18-15(22)6-11(3-4-26-18)25-8-13-16(7-21)23-24-17(13)9-25/h1-2,5,11,13,15-18,23-24H,3-4,6,8-9,22H2/t11-,13?,15-,16?,17?,18+/m0/s1. The van der Waals surface area contributed by atoms with Crippen LogP contribution < -0.4 is 16.6 Å². The molecule has 0 radical (unpaired) electrons. The molecule has 8 heteroatoms. The van der Waals surface area contributed by atoms with Crippen molar-refractivity contribution in [1.82, 2.24) is 15.8 Å². The number of hydrogen-bond donors (Lipinski definition) is 3. The number of benzene rings is 1. The van der Waals surface area contributed by atoms with E-state index in [0.29, 0.717) is 13.0 Å². The summed E-state index contributed by atoms with van der Waals surface area (Å²) in [5.74, 6) is -0.739. The second-order valence-corrected chi connectivity index (χ2v) is 7.42. The number of likely N-dealkylation sites (tertiary alicyclic amines) is 1. The van der Waals surface area contributed by atoms with Crippen LogP contribution in [-0.4, -0.2) is 48.8 Å². The number of halogens is 2. The van der Waals surface area contributed by atoms with Crippen molar-refractivity contribution in [2.75, 3.05) is 19.7 Å². The van der Waals surface area contributed by atoms with E-state index in [-0.39, 0.29) is 29.6 Å². The van der Waals surface area contributed by atoms with Gasteiger partial charge in [0.05, 0.1) is 6.07 Å². The maximum atomic E-state index is 14.1. The highest BCUT2D eigenvalue weighted by Crippen LogP contribution is 2.33. The van der Waals surface area contributed by atoms with Crippen LogP contribution in [0.2, 0.25) is 0 Å². The summed E-state index contributed by atoms with van der Waals surface area (Å²) in [5.41, 5.74) is 12.7. The van der Waals surface area contributed by atoms with Gasteiger partial charge in [-0.1, -0.05) is 0 Å². The number of rotatable bonds is 2. The van der Waals surface area contributed by atoms with Gasteiger partial charge in [0, 0.05) is 49.3 Å². The SMILES string of the molecule is N#CC1NNC2CN([C@H]3CCO[C@H](c4cc(F)ccc4F)[C@@H](N)C3)CC12. The number of ether oxygens (including phenoxy) is 1. The van der Waals surface area contributed by atoms with E-state index in [1.54, 1.807) is 0 Å². The average molecular weight is 363 g/mol. The van der Waals surface area contributed by atoms with Gasteiger partial charge in [-0.3, -0.25) is 10.3 Å². The predicted octanol–water partition coefficient (Wildman–Crippen LogP) is 0.813. The number of nitrogens with two attached hydrogens (primary N) is 1. The van der Waals surface area contributed by atoms with Crippen LogP contribution in [0, 0.1) is 28.9 Å². The van der Waals surface area contributed by atoms with Gasteiger partial charge in [0.2, 0.25) is 0 Å². The summed E-state index contributed by atoms with van der Waals surface area (Å²) in [5, 5.41) is 9.23. The fourth-order valence-corrected chi connectivity index (χ4v) is 4.48. The molecular formula is C18H23F2N5O. The Hall–Kier alpha value is -1.63. The third-order valence-corrected chi connectivity index (χ3v) is 5.85. The molecule has 0 saturated carbocycles. The van der Waals surface area contributed by atoms with Gasteiger partial charge in [0.25, 0.3) is 0 Å². The predicted molar refractivity (Wildman–Crippen MR) is 90.6 cm³/mol. The van der Waals surface area contributed by atoms with E-state index in [1.807, 2.05) is 0 Å². The molecule has 26 heavy (non-hydrogen) atoms. The molecule has 3 unspecified atom stereocenters. The number of fused-ring (bicyclic) bond motifs is 1. The van der Waals surface area contributed by atoms with Crippen molar-refractivity contribution in [3.8, 4) is 6.07 Å². The summed E-state index contributed by atoms with van der Waals surface area (Å²) < 4.78 is 33.5. The van der Waals surface area contributed by atoms with Crippen LogP contribution in [-0.2, 0) is 4.74 Å². The molecular weight excluding hydrogens is 340 g/mol. The lowest BCUT2D eigenvalue weighted by Crippen LogP contribution is -2.44. The molecule has 0 amide bonds. The van der Waals surface area contributed by atoms with Crippen LogP contribution in [0.5, 0.6) is 0 Å². The van der Waals surface area contributed by atoms with Gasteiger partial charge in [0.1, 0.15) is 23.8 Å². The normalized spacial score (nSPS) is 37.9. The average Bonchev–Trinajstić information content (AvgIpc) is 3.14. The van der Waals surface area contributed by atoms with E-state index in [9.17, 15) is 14.0 Å². The Bertz CT molecular complexity index is 711. The van der Waals surface area contributed by atoms with E-state index in [0.717, 1.165) is 31.6 Å². The van der Waals surface area contributed by atoms with E-state index >= 15 is 0 Å². The Labute approximate surface area is 151 Å². The lowest BCUT2D eigenvalue weighted by molar-refractivity contribution is 0.0432. The monoisotopic (exact) mass is 363 g/mol. The lowest BCUT2D eigenvalue weighted by Gasteiger charge is -2.29. The number of hydrazine groups is 1. The summed E-state index contributed by atoms with van der Waals surface area (Å²) >= 11 is 0. The van der Waals surface area contributed by atoms with E-state index < -0.39 is 23.8 Å². The first-order valence-corrected chi connectivity index (χ1v) is 9.03. The quantitative estimate of drug-likeness (QED) is 0.721. The molecule has 0 spiro atoms. The second kappa shape index (κ2) is 7.18. The molecule has 1 aromatic carbocycles. The molecule has 1 aromatic rings. The van der Waals surface area contributed by atoms with E-state index in [4.69, 9.17) is 10.5 Å². The zero-order valence-corrected chi connectivity index (χ0v) is 14.4. The van der Waals surface area contributed by atoms with Gasteiger partial charge in [-0.25, -0.2) is 14.2 Å². The fourth-order valence-electron chi connectivity index (χ4n) is 4.48. The van der Waals surface area contributed by atoms with Gasteiger partial charge in [-0.05, 0) is 31.0 Å². The zero-order chi connectivity index (χ0) is 18.3. The molecule has 4 N–H and O–H groups in total. The number of nitriles is 1. The minimum absolute atomic E-state index is 0.185. The molecule has 0 bridgehead atoms. The molecule has 6 atom stereocenters. The maximum absolute atomic E-state index is 14.1. The van der Waals surface area contributed by atoms with Crippen molar-refractivity contribution < 1.29 is 13.5 Å². The van der Waals surface area contributed by atoms with Gasteiger partial charge in [0.15, 0.2) is 0 Å². The molecule has 0 aliphatic carbocycles. The second-order valence-electron chi connectivity index (χ2n) is 7.42. The first-order chi connectivity index (χ1) is 12.6. The highest BCUT2D eigenvalue weighted by atomic mass is 19.1. The van der Waals surface area contributed by atoms with Crippen LogP contribution in [0.3, 0.4) is 0 Å². The van der Waals surface area contributed by atoms with Gasteiger partial charge >= 0.3 is 0 Å². The van der Waals surface area contributed by atoms with E-state index in [1.165, 1.54) is 6.07 Å². The first kappa shape index (κ1) is 17.8. The number of nitrogens with zero attached hydrogens (tertiary/aromatic N) is 2. The van der Waals surface area contributed by atoms with Crippen LogP contribution in [0.1, 0.15) is 24.5 Å². The third kappa shape index (κ3) is 3.21. The van der Waals surface area contributed by atoms with E-state index in [2.05, 4.69) is 21.8 Å². The van der Waals surface area contributed by atoms with Gasteiger partial charge in [-0.2, -0.15) is 5.26 Å².